The van der Waals surface area contributed by atoms with Crippen molar-refractivity contribution in [3.05, 3.63) is 93.2 Å². The van der Waals surface area contributed by atoms with Gasteiger partial charge in [-0.05, 0) is 104 Å². The number of nitrogen functional groups attached to an aromatic ring is 1. The molecule has 4 bridgehead atoms. The summed E-state index contributed by atoms with van der Waals surface area (Å²) in [5, 5.41) is 30.1. The van der Waals surface area contributed by atoms with Crippen LogP contribution in [0.4, 0.5) is 5.82 Å². The number of aromatic hydroxyl groups is 2. The van der Waals surface area contributed by atoms with Gasteiger partial charge in [0.1, 0.15) is 47.6 Å². The summed E-state index contributed by atoms with van der Waals surface area (Å²) in [6.07, 6.45) is 12.5. The van der Waals surface area contributed by atoms with Gasteiger partial charge >= 0.3 is 5.97 Å². The molecule has 1 aromatic heterocycles. The van der Waals surface area contributed by atoms with Crippen LogP contribution in [0.3, 0.4) is 0 Å². The smallest absolute Gasteiger partial charge is 0.302 e. The van der Waals surface area contributed by atoms with Gasteiger partial charge in [0.25, 0.3) is 0 Å². The van der Waals surface area contributed by atoms with Crippen LogP contribution in [0.1, 0.15) is 109 Å². The number of hydrogen-bond acceptors (Lipinski definition) is 11. The molecular weight excluding hydrogens is 769 g/mol. The van der Waals surface area contributed by atoms with Gasteiger partial charge in [0.05, 0.1) is 19.1 Å². The van der Waals surface area contributed by atoms with Gasteiger partial charge in [0.2, 0.25) is 0 Å². The molecule has 11 heteroatoms. The van der Waals surface area contributed by atoms with Crippen LogP contribution in [0.15, 0.2) is 48.5 Å². The number of benzene rings is 3. The lowest BCUT2D eigenvalue weighted by Gasteiger charge is -2.39. The van der Waals surface area contributed by atoms with Crippen LogP contribution in [0, 0.1) is 17.8 Å². The van der Waals surface area contributed by atoms with E-state index in [0.717, 1.165) is 94.3 Å². The van der Waals surface area contributed by atoms with Crippen molar-refractivity contribution in [3.8, 4) is 51.7 Å². The Morgan fingerprint density at radius 2 is 1.90 bits per heavy atom. The van der Waals surface area contributed by atoms with Gasteiger partial charge in [-0.15, -0.1) is 0 Å². The highest BCUT2D eigenvalue weighted by Crippen LogP contribution is 2.63. The summed E-state index contributed by atoms with van der Waals surface area (Å²) in [4.78, 5) is 17.4. The van der Waals surface area contributed by atoms with E-state index in [0.29, 0.717) is 47.9 Å². The van der Waals surface area contributed by atoms with Crippen LogP contribution in [0.25, 0.3) is 17.2 Å². The zero-order valence-electron chi connectivity index (χ0n) is 35.1. The number of nitrogens with zero attached hydrogens (tertiary/aromatic N) is 1. The highest BCUT2D eigenvalue weighted by Gasteiger charge is 2.51. The topological polar surface area (TPSA) is 157 Å². The van der Waals surface area contributed by atoms with E-state index < -0.39 is 12.0 Å². The van der Waals surface area contributed by atoms with E-state index in [4.69, 9.17) is 29.7 Å². The number of phenolic OH excluding ortho intramolecular Hbond substituents is 2. The minimum absolute atomic E-state index is 0.0242. The Morgan fingerprint density at radius 3 is 2.70 bits per heavy atom. The van der Waals surface area contributed by atoms with Crippen molar-refractivity contribution in [2.24, 2.45) is 5.92 Å². The van der Waals surface area contributed by atoms with Crippen molar-refractivity contribution in [1.29, 1.82) is 0 Å². The van der Waals surface area contributed by atoms with Gasteiger partial charge in [-0.25, -0.2) is 4.98 Å². The zero-order valence-corrected chi connectivity index (χ0v) is 35.1. The van der Waals surface area contributed by atoms with Crippen molar-refractivity contribution in [2.45, 2.75) is 107 Å². The molecule has 0 saturated heterocycles. The number of nitrogens with one attached hydrogen (secondary N) is 2. The largest absolute Gasteiger partial charge is 0.508 e. The number of anilines is 1. The number of aromatic nitrogens is 1. The number of carbonyl (C=O) groups excluding carboxylic acids is 1. The van der Waals surface area contributed by atoms with Crippen molar-refractivity contribution in [1.82, 2.24) is 15.6 Å². The summed E-state index contributed by atoms with van der Waals surface area (Å²) in [6, 6.07) is 13.8. The fourth-order valence-corrected chi connectivity index (χ4v) is 11.6. The molecule has 10 rings (SSSR count). The molecule has 6 aliphatic rings. The van der Waals surface area contributed by atoms with Crippen LogP contribution >= 0.6 is 0 Å². The summed E-state index contributed by atoms with van der Waals surface area (Å²) in [5.41, 5.74) is 15.1. The molecule has 316 valence electrons. The fraction of sp³-hybridized carbons (Fsp3) is 0.440. The molecule has 4 heterocycles. The second-order valence-corrected chi connectivity index (χ2v) is 18.0. The average molecular weight is 823 g/mol. The zero-order chi connectivity index (χ0) is 42.0. The van der Waals surface area contributed by atoms with Gasteiger partial charge < -0.3 is 45.5 Å². The summed E-state index contributed by atoms with van der Waals surface area (Å²) in [7, 11) is 3.56. The van der Waals surface area contributed by atoms with Crippen LogP contribution in [0.5, 0.6) is 28.7 Å². The first-order valence-corrected chi connectivity index (χ1v) is 21.9. The maximum Gasteiger partial charge on any atom is 0.302 e. The number of pyridine rings is 1. The molecule has 0 amide bonds. The quantitative estimate of drug-likeness (QED) is 0.0952. The Bertz CT molecular complexity index is 2520. The predicted octanol–water partition coefficient (Wildman–Crippen LogP) is 7.17. The summed E-state index contributed by atoms with van der Waals surface area (Å²) >= 11 is 0. The second-order valence-electron chi connectivity index (χ2n) is 18.0. The number of phenols is 2. The maximum absolute atomic E-state index is 12.6. The molecule has 6 N–H and O–H groups in total. The summed E-state index contributed by atoms with van der Waals surface area (Å²) in [6.45, 7) is 2.08. The highest BCUT2D eigenvalue weighted by molar-refractivity contribution is 5.84. The van der Waals surface area contributed by atoms with Gasteiger partial charge in [0, 0.05) is 65.2 Å². The molecule has 2 saturated carbocycles. The van der Waals surface area contributed by atoms with Crippen LogP contribution in [-0.4, -0.2) is 66.7 Å². The van der Waals surface area contributed by atoms with Crippen LogP contribution in [-0.2, 0) is 34.2 Å². The Labute approximate surface area is 357 Å². The monoisotopic (exact) mass is 822 g/mol. The fourth-order valence-electron chi connectivity index (χ4n) is 11.6. The van der Waals surface area contributed by atoms with Gasteiger partial charge in [-0.1, -0.05) is 49.1 Å². The average Bonchev–Trinajstić information content (AvgIpc) is 3.96. The minimum Gasteiger partial charge on any atom is -0.508 e. The lowest BCUT2D eigenvalue weighted by atomic mass is 9.65. The number of ether oxygens (including phenoxy) is 4. The van der Waals surface area contributed by atoms with Crippen molar-refractivity contribution in [3.63, 3.8) is 0 Å². The molecule has 6 atom stereocenters. The van der Waals surface area contributed by atoms with E-state index in [1.165, 1.54) is 19.8 Å². The second kappa shape index (κ2) is 15.6. The standard InChI is InChI=1S/C50H54N4O7/c1-27(55)59-26-37-34-12-13-35-44-31(20-33(56)22-41(44)58-3)24-50-18-17-28(23-50)19-29-11-16-43(51)54-38(29)10-6-7-30-21-40(57)47-36(45(30)48(37)61-49(34)46(35)50)14-15-39(42(60-47)25-52-2)53-32-8-4-5-9-32/h11-16,20-22,28,32,37,39,42,48,52-53,56-57H,4-5,7-9,17-19,23-26H2,1-3H3,(H2,51,54). The number of methoxy groups -OCH3 is 1. The van der Waals surface area contributed by atoms with E-state index in [1.807, 2.05) is 19.2 Å². The molecule has 61 heavy (non-hydrogen) atoms. The summed E-state index contributed by atoms with van der Waals surface area (Å²) < 4.78 is 26.3. The third kappa shape index (κ3) is 6.94. The van der Waals surface area contributed by atoms with Gasteiger partial charge in [-0.2, -0.15) is 0 Å². The van der Waals surface area contributed by atoms with E-state index >= 15 is 0 Å². The van der Waals surface area contributed by atoms with Crippen molar-refractivity contribution >= 4 is 17.9 Å². The first-order chi connectivity index (χ1) is 29.6. The SMILES string of the molecule is CNCC1Oc2c(O)cc3c(c2C=CC1NC1CCCC1)C1Oc2c(ccc4c2C2(CCC(Cc5ccc(N)nc5C#CC3)C2)Cc2cc(O)cc(OC)c2-4)C1COC(C)=O. The third-order valence-electron chi connectivity index (χ3n) is 14.1. The molecule has 0 radical (unpaired) electrons. The normalized spacial score (nSPS) is 25.5. The maximum atomic E-state index is 12.6. The Kier molecular flexibility index (Phi) is 10.1. The predicted molar refractivity (Wildman–Crippen MR) is 233 cm³/mol. The van der Waals surface area contributed by atoms with E-state index in [-0.39, 0.29) is 48.1 Å². The van der Waals surface area contributed by atoms with E-state index in [2.05, 4.69) is 52.8 Å². The number of nitrogens with two attached hydrogens (primary N) is 1. The molecule has 3 aromatic carbocycles. The molecule has 4 aromatic rings. The number of fused-ring (bicyclic) bond motifs is 9. The van der Waals surface area contributed by atoms with Gasteiger partial charge in [-0.3, -0.25) is 4.79 Å². The van der Waals surface area contributed by atoms with Crippen LogP contribution in [0.2, 0.25) is 0 Å². The Balaban J connectivity index is 1.22. The first kappa shape index (κ1) is 39.4. The van der Waals surface area contributed by atoms with E-state index in [9.17, 15) is 15.0 Å². The number of likely N-dealkylation sites (N-methyl/N-ethyl adjacent to an activating group) is 1. The number of carbonyl (C=O) groups is 1. The minimum atomic E-state index is -0.633. The van der Waals surface area contributed by atoms with Crippen molar-refractivity contribution in [2.75, 3.05) is 33.0 Å². The lowest BCUT2D eigenvalue weighted by molar-refractivity contribution is -0.141. The number of hydrogen-bond donors (Lipinski definition) is 5. The molecular formula is C50H54N4O7. The molecule has 6 unspecified atom stereocenters. The molecule has 3 aliphatic carbocycles. The number of rotatable bonds is 7. The summed E-state index contributed by atoms with van der Waals surface area (Å²) in [5.74, 6) is 8.78. The molecule has 11 nitrogen and oxygen atoms in total. The molecule has 3 aliphatic heterocycles. The molecule has 1 spiro atoms. The lowest BCUT2D eigenvalue weighted by Crippen LogP contribution is -2.49. The number of esters is 1. The van der Waals surface area contributed by atoms with Crippen LogP contribution < -0.4 is 30.6 Å². The first-order valence-electron chi connectivity index (χ1n) is 21.9. The van der Waals surface area contributed by atoms with E-state index in [1.54, 1.807) is 19.2 Å². The highest BCUT2D eigenvalue weighted by atomic mass is 16.5. The van der Waals surface area contributed by atoms with Crippen molar-refractivity contribution < 1.29 is 34.0 Å². The Morgan fingerprint density at radius 1 is 1.05 bits per heavy atom. The third-order valence-corrected chi connectivity index (χ3v) is 14.1. The molecule has 2 fully saturated rings. The Hall–Kier alpha value is -5.70. The van der Waals surface area contributed by atoms with Gasteiger partial charge in [0.15, 0.2) is 11.5 Å².